The smallest absolute Gasteiger partial charge is 0.0832 e. The Kier molecular flexibility index (Phi) is 4.25. The van der Waals surface area contributed by atoms with E-state index < -0.39 is 0 Å². The molecule has 0 radical (unpaired) electrons. The molecule has 0 bridgehead atoms. The summed E-state index contributed by atoms with van der Waals surface area (Å²) in [5.74, 6) is 0.421. The van der Waals surface area contributed by atoms with E-state index >= 15 is 0 Å². The number of hydrogen-bond donors (Lipinski definition) is 1. The molecule has 2 aromatic heterocycles. The van der Waals surface area contributed by atoms with Crippen molar-refractivity contribution in [3.05, 3.63) is 33.0 Å². The van der Waals surface area contributed by atoms with Crippen LogP contribution >= 0.6 is 22.9 Å². The van der Waals surface area contributed by atoms with Gasteiger partial charge >= 0.3 is 0 Å². The van der Waals surface area contributed by atoms with Gasteiger partial charge in [0.2, 0.25) is 0 Å². The summed E-state index contributed by atoms with van der Waals surface area (Å²) in [4.78, 5) is 2.59. The van der Waals surface area contributed by atoms with E-state index in [1.165, 1.54) is 21.3 Å². The first-order valence-corrected chi connectivity index (χ1v) is 7.48. The molecule has 3 nitrogen and oxygen atoms in total. The second kappa shape index (κ2) is 5.71. The van der Waals surface area contributed by atoms with Crippen molar-refractivity contribution in [1.82, 2.24) is 14.9 Å². The third kappa shape index (κ3) is 2.73. The molecular weight excluding hydrogens is 250 g/mol. The highest BCUT2D eigenvalue weighted by atomic mass is 32.1. The minimum absolute atomic E-state index is 0.248. The fourth-order valence-corrected chi connectivity index (χ4v) is 3.57. The molecular formula is C12H17N3S2. The Morgan fingerprint density at radius 2 is 2.24 bits per heavy atom. The summed E-state index contributed by atoms with van der Waals surface area (Å²) in [5, 5.41) is 9.90. The van der Waals surface area contributed by atoms with E-state index in [2.05, 4.69) is 53.2 Å². The van der Waals surface area contributed by atoms with Gasteiger partial charge in [-0.3, -0.25) is 0 Å². The highest BCUT2D eigenvalue weighted by Gasteiger charge is 2.22. The average molecular weight is 267 g/mol. The Balaban J connectivity index is 2.36. The maximum Gasteiger partial charge on any atom is 0.0832 e. The fourth-order valence-electron chi connectivity index (χ4n) is 1.79. The van der Waals surface area contributed by atoms with Crippen molar-refractivity contribution in [3.8, 4) is 0 Å². The van der Waals surface area contributed by atoms with Crippen molar-refractivity contribution in [1.29, 1.82) is 0 Å². The molecule has 17 heavy (non-hydrogen) atoms. The first-order chi connectivity index (χ1) is 8.24. The van der Waals surface area contributed by atoms with E-state index in [-0.39, 0.29) is 6.04 Å². The van der Waals surface area contributed by atoms with Crippen molar-refractivity contribution in [2.24, 2.45) is 0 Å². The molecule has 5 heteroatoms. The van der Waals surface area contributed by atoms with Crippen molar-refractivity contribution >= 4 is 22.9 Å². The third-order valence-corrected chi connectivity index (χ3v) is 4.33. The van der Waals surface area contributed by atoms with Crippen molar-refractivity contribution in [2.45, 2.75) is 32.7 Å². The predicted octanol–water partition coefficient (Wildman–Crippen LogP) is 3.42. The van der Waals surface area contributed by atoms with Gasteiger partial charge in [-0.1, -0.05) is 31.3 Å². The number of hydrogen-bond acceptors (Lipinski definition) is 5. The summed E-state index contributed by atoms with van der Waals surface area (Å²) in [7, 11) is 0. The molecule has 0 aliphatic rings. The Hall–Kier alpha value is -0.780. The lowest BCUT2D eigenvalue weighted by Crippen LogP contribution is -2.21. The Bertz CT molecular complexity index is 448. The largest absolute Gasteiger partial charge is 0.305 e. The van der Waals surface area contributed by atoms with Crippen LogP contribution in [0, 0.1) is 0 Å². The minimum Gasteiger partial charge on any atom is -0.305 e. The summed E-state index contributed by atoms with van der Waals surface area (Å²) in [6.07, 6.45) is 0. The summed E-state index contributed by atoms with van der Waals surface area (Å²) in [6, 6.07) is 4.51. The zero-order chi connectivity index (χ0) is 12.3. The van der Waals surface area contributed by atoms with Crippen LogP contribution < -0.4 is 5.32 Å². The Labute approximate surface area is 110 Å². The standard InChI is InChI=1S/C12H17N3S2/c1-4-13-11(9-6-5-7-16-9)12-10(8(2)3)14-15-17-12/h5-8,11,13H,4H2,1-3H3. The van der Waals surface area contributed by atoms with Gasteiger partial charge < -0.3 is 5.32 Å². The van der Waals surface area contributed by atoms with Crippen molar-refractivity contribution in [2.75, 3.05) is 6.54 Å². The van der Waals surface area contributed by atoms with Crippen LogP contribution in [-0.2, 0) is 0 Å². The van der Waals surface area contributed by atoms with E-state index in [0.29, 0.717) is 5.92 Å². The molecule has 0 spiro atoms. The van der Waals surface area contributed by atoms with Crippen molar-refractivity contribution < 1.29 is 0 Å². The Morgan fingerprint density at radius 1 is 1.41 bits per heavy atom. The van der Waals surface area contributed by atoms with Crippen LogP contribution in [0.15, 0.2) is 17.5 Å². The molecule has 0 saturated heterocycles. The van der Waals surface area contributed by atoms with Gasteiger partial charge in [0.1, 0.15) is 0 Å². The second-order valence-corrected chi connectivity index (χ2v) is 5.95. The van der Waals surface area contributed by atoms with Crippen molar-refractivity contribution in [3.63, 3.8) is 0 Å². The van der Waals surface area contributed by atoms with Crippen LogP contribution in [0.5, 0.6) is 0 Å². The molecule has 1 atom stereocenters. The molecule has 1 N–H and O–H groups in total. The molecule has 0 amide bonds. The first kappa shape index (κ1) is 12.7. The zero-order valence-electron chi connectivity index (χ0n) is 10.3. The molecule has 92 valence electrons. The normalized spacial score (nSPS) is 13.2. The van der Waals surface area contributed by atoms with Crippen LogP contribution in [0.1, 0.15) is 48.2 Å². The van der Waals surface area contributed by atoms with Crippen LogP contribution in [0.4, 0.5) is 0 Å². The van der Waals surface area contributed by atoms with Crippen LogP contribution in [0.25, 0.3) is 0 Å². The topological polar surface area (TPSA) is 37.8 Å². The van der Waals surface area contributed by atoms with E-state index in [0.717, 1.165) is 12.2 Å². The minimum atomic E-state index is 0.248. The average Bonchev–Trinajstić information content (AvgIpc) is 2.96. The zero-order valence-corrected chi connectivity index (χ0v) is 11.9. The summed E-state index contributed by atoms with van der Waals surface area (Å²) in [6.45, 7) is 7.40. The third-order valence-electron chi connectivity index (χ3n) is 2.59. The highest BCUT2D eigenvalue weighted by Crippen LogP contribution is 2.32. The lowest BCUT2D eigenvalue weighted by Gasteiger charge is -2.16. The maximum absolute atomic E-state index is 4.26. The van der Waals surface area contributed by atoms with E-state index in [4.69, 9.17) is 0 Å². The van der Waals surface area contributed by atoms with Gasteiger partial charge in [0.25, 0.3) is 0 Å². The second-order valence-electron chi connectivity index (χ2n) is 4.18. The number of thiophene rings is 1. The van der Waals surface area contributed by atoms with Crippen LogP contribution in [0.3, 0.4) is 0 Å². The molecule has 0 aliphatic carbocycles. The molecule has 1 unspecified atom stereocenters. The van der Waals surface area contributed by atoms with Gasteiger partial charge in [0.05, 0.1) is 16.6 Å². The van der Waals surface area contributed by atoms with Gasteiger partial charge in [-0.2, -0.15) is 0 Å². The van der Waals surface area contributed by atoms with Gasteiger partial charge in [0.15, 0.2) is 0 Å². The van der Waals surface area contributed by atoms with Gasteiger partial charge in [0, 0.05) is 4.88 Å². The van der Waals surface area contributed by atoms with E-state index in [9.17, 15) is 0 Å². The SMILES string of the molecule is CCNC(c1cccs1)c1snnc1C(C)C. The molecule has 0 aliphatic heterocycles. The lowest BCUT2D eigenvalue weighted by atomic mass is 10.1. The van der Waals surface area contributed by atoms with Crippen LogP contribution in [0.2, 0.25) is 0 Å². The maximum atomic E-state index is 4.26. The quantitative estimate of drug-likeness (QED) is 0.902. The predicted molar refractivity (Wildman–Crippen MR) is 73.8 cm³/mol. The van der Waals surface area contributed by atoms with Gasteiger partial charge in [-0.05, 0) is 35.4 Å². The number of rotatable bonds is 5. The molecule has 0 fully saturated rings. The Morgan fingerprint density at radius 3 is 2.82 bits per heavy atom. The summed E-state index contributed by atoms with van der Waals surface area (Å²) in [5.41, 5.74) is 1.12. The van der Waals surface area contributed by atoms with E-state index in [1.807, 2.05) is 0 Å². The fraction of sp³-hybridized carbons (Fsp3) is 0.500. The van der Waals surface area contributed by atoms with Gasteiger partial charge in [-0.15, -0.1) is 16.4 Å². The molecule has 2 rings (SSSR count). The lowest BCUT2D eigenvalue weighted by molar-refractivity contribution is 0.634. The molecule has 2 aromatic rings. The summed E-state index contributed by atoms with van der Waals surface area (Å²) >= 11 is 3.29. The van der Waals surface area contributed by atoms with E-state index in [1.54, 1.807) is 11.3 Å². The first-order valence-electron chi connectivity index (χ1n) is 5.83. The molecule has 2 heterocycles. The monoisotopic (exact) mass is 267 g/mol. The number of nitrogens with zero attached hydrogens (tertiary/aromatic N) is 2. The van der Waals surface area contributed by atoms with Crippen LogP contribution in [-0.4, -0.2) is 16.1 Å². The van der Waals surface area contributed by atoms with Gasteiger partial charge in [-0.25, -0.2) is 0 Å². The molecule has 0 aromatic carbocycles. The highest BCUT2D eigenvalue weighted by molar-refractivity contribution is 7.10. The summed E-state index contributed by atoms with van der Waals surface area (Å²) < 4.78 is 4.11. The molecule has 0 saturated carbocycles. The number of nitrogens with one attached hydrogen (secondary N) is 1. The number of aromatic nitrogens is 2.